The number of hydrogen-bond donors (Lipinski definition) is 2. The van der Waals surface area contributed by atoms with Crippen LogP contribution < -0.4 is 15.4 Å². The lowest BCUT2D eigenvalue weighted by Gasteiger charge is -2.42. The van der Waals surface area contributed by atoms with E-state index in [0.717, 1.165) is 31.1 Å². The lowest BCUT2D eigenvalue weighted by Crippen LogP contribution is -2.45. The Hall–Kier alpha value is -1.22. The summed E-state index contributed by atoms with van der Waals surface area (Å²) in [5.41, 5.74) is 1.70. The standard InChI is InChI=1S/C16H24N2O/c1-2-16(8-5-9-16)12-17-10-13-11-18-14-6-3-4-7-15(14)19-13/h3-4,6-7,13,17-18H,2,5,8-12H2,1H3. The molecule has 1 aliphatic heterocycles. The van der Waals surface area contributed by atoms with Gasteiger partial charge in [-0.3, -0.25) is 0 Å². The summed E-state index contributed by atoms with van der Waals surface area (Å²) >= 11 is 0. The monoisotopic (exact) mass is 260 g/mol. The number of anilines is 1. The SMILES string of the molecule is CCC1(CNCC2CNc3ccccc3O2)CCC1. The molecule has 1 heterocycles. The van der Waals surface area contributed by atoms with Crippen LogP contribution in [-0.4, -0.2) is 25.7 Å². The van der Waals surface area contributed by atoms with Crippen LogP contribution in [0.15, 0.2) is 24.3 Å². The molecule has 1 aliphatic carbocycles. The average Bonchev–Trinajstić information content (AvgIpc) is 2.42. The highest BCUT2D eigenvalue weighted by Crippen LogP contribution is 2.43. The van der Waals surface area contributed by atoms with E-state index in [2.05, 4.69) is 23.6 Å². The lowest BCUT2D eigenvalue weighted by molar-refractivity contribution is 0.115. The van der Waals surface area contributed by atoms with Crippen molar-refractivity contribution < 1.29 is 4.74 Å². The Morgan fingerprint density at radius 1 is 1.37 bits per heavy atom. The first kappa shape index (κ1) is 12.8. The minimum atomic E-state index is 0.240. The molecule has 2 N–H and O–H groups in total. The highest BCUT2D eigenvalue weighted by Gasteiger charge is 2.34. The molecule has 3 heteroatoms. The van der Waals surface area contributed by atoms with Crippen molar-refractivity contribution in [2.24, 2.45) is 5.41 Å². The third-order valence-corrected chi connectivity index (χ3v) is 4.74. The van der Waals surface area contributed by atoms with Crippen LogP contribution in [0, 0.1) is 5.41 Å². The Labute approximate surface area is 115 Å². The molecular weight excluding hydrogens is 236 g/mol. The third kappa shape index (κ3) is 2.71. The van der Waals surface area contributed by atoms with Crippen molar-refractivity contribution in [3.05, 3.63) is 24.3 Å². The van der Waals surface area contributed by atoms with E-state index in [-0.39, 0.29) is 6.10 Å². The van der Waals surface area contributed by atoms with Crippen molar-refractivity contribution >= 4 is 5.69 Å². The molecular formula is C16H24N2O. The van der Waals surface area contributed by atoms with E-state index >= 15 is 0 Å². The summed E-state index contributed by atoms with van der Waals surface area (Å²) in [5, 5.41) is 7.05. The Morgan fingerprint density at radius 3 is 2.95 bits per heavy atom. The van der Waals surface area contributed by atoms with E-state index in [1.165, 1.54) is 25.7 Å². The summed E-state index contributed by atoms with van der Waals surface area (Å²) in [6.45, 7) is 5.28. The van der Waals surface area contributed by atoms with Crippen LogP contribution in [0.5, 0.6) is 5.75 Å². The number of ether oxygens (including phenoxy) is 1. The first-order valence-corrected chi connectivity index (χ1v) is 7.52. The van der Waals surface area contributed by atoms with E-state index < -0.39 is 0 Å². The molecule has 1 unspecified atom stereocenters. The van der Waals surface area contributed by atoms with Crippen LogP contribution in [0.3, 0.4) is 0 Å². The van der Waals surface area contributed by atoms with Crippen LogP contribution in [0.4, 0.5) is 5.69 Å². The average molecular weight is 260 g/mol. The van der Waals surface area contributed by atoms with E-state index in [1.54, 1.807) is 0 Å². The Kier molecular flexibility index (Phi) is 3.65. The first-order valence-electron chi connectivity index (χ1n) is 7.52. The summed E-state index contributed by atoms with van der Waals surface area (Å²) < 4.78 is 6.01. The second-order valence-electron chi connectivity index (χ2n) is 5.95. The topological polar surface area (TPSA) is 33.3 Å². The number of rotatable bonds is 5. The van der Waals surface area contributed by atoms with Gasteiger partial charge < -0.3 is 15.4 Å². The van der Waals surface area contributed by atoms with E-state index in [9.17, 15) is 0 Å². The summed E-state index contributed by atoms with van der Waals surface area (Å²) in [5.74, 6) is 0.981. The van der Waals surface area contributed by atoms with Crippen LogP contribution >= 0.6 is 0 Å². The predicted octanol–water partition coefficient (Wildman–Crippen LogP) is 3.03. The molecule has 0 spiro atoms. The Bertz CT molecular complexity index is 423. The van der Waals surface area contributed by atoms with Gasteiger partial charge in [-0.15, -0.1) is 0 Å². The molecule has 2 aliphatic rings. The molecule has 104 valence electrons. The molecule has 19 heavy (non-hydrogen) atoms. The van der Waals surface area contributed by atoms with Gasteiger partial charge in [0.15, 0.2) is 0 Å². The molecule has 0 radical (unpaired) electrons. The summed E-state index contributed by atoms with van der Waals surface area (Å²) in [4.78, 5) is 0. The van der Waals surface area contributed by atoms with Crippen LogP contribution in [0.1, 0.15) is 32.6 Å². The zero-order chi connectivity index (χ0) is 13.1. The number of para-hydroxylation sites is 2. The van der Waals surface area contributed by atoms with E-state index in [0.29, 0.717) is 5.41 Å². The smallest absolute Gasteiger partial charge is 0.142 e. The third-order valence-electron chi connectivity index (χ3n) is 4.74. The maximum absolute atomic E-state index is 6.01. The van der Waals surface area contributed by atoms with Gasteiger partial charge in [0.1, 0.15) is 11.9 Å². The molecule has 0 aromatic heterocycles. The zero-order valence-electron chi connectivity index (χ0n) is 11.7. The molecule has 0 amide bonds. The van der Waals surface area contributed by atoms with E-state index in [4.69, 9.17) is 4.74 Å². The summed E-state index contributed by atoms with van der Waals surface area (Å²) in [6.07, 6.45) is 5.73. The fraction of sp³-hybridized carbons (Fsp3) is 0.625. The zero-order valence-corrected chi connectivity index (χ0v) is 11.7. The van der Waals surface area contributed by atoms with E-state index in [1.807, 2.05) is 18.2 Å². The van der Waals surface area contributed by atoms with Gasteiger partial charge in [0.25, 0.3) is 0 Å². The molecule has 3 nitrogen and oxygen atoms in total. The van der Waals surface area contributed by atoms with Crippen LogP contribution in [0.25, 0.3) is 0 Å². The normalized spacial score (nSPS) is 23.7. The molecule has 0 bridgehead atoms. The highest BCUT2D eigenvalue weighted by molar-refractivity contribution is 5.57. The Morgan fingerprint density at radius 2 is 2.21 bits per heavy atom. The number of fused-ring (bicyclic) bond motifs is 1. The molecule has 3 rings (SSSR count). The maximum atomic E-state index is 6.01. The van der Waals surface area contributed by atoms with Crippen molar-refractivity contribution in [1.29, 1.82) is 0 Å². The van der Waals surface area contributed by atoms with Gasteiger partial charge in [0, 0.05) is 13.1 Å². The minimum absolute atomic E-state index is 0.240. The largest absolute Gasteiger partial charge is 0.485 e. The van der Waals surface area contributed by atoms with Crippen molar-refractivity contribution in [1.82, 2.24) is 5.32 Å². The molecule has 1 aromatic rings. The highest BCUT2D eigenvalue weighted by atomic mass is 16.5. The second kappa shape index (κ2) is 5.41. The van der Waals surface area contributed by atoms with Crippen LogP contribution in [-0.2, 0) is 0 Å². The maximum Gasteiger partial charge on any atom is 0.142 e. The minimum Gasteiger partial charge on any atom is -0.485 e. The van der Waals surface area contributed by atoms with Crippen LogP contribution in [0.2, 0.25) is 0 Å². The van der Waals surface area contributed by atoms with Gasteiger partial charge in [-0.05, 0) is 36.8 Å². The summed E-state index contributed by atoms with van der Waals surface area (Å²) in [6, 6.07) is 8.17. The number of hydrogen-bond acceptors (Lipinski definition) is 3. The van der Waals surface area contributed by atoms with Gasteiger partial charge in [-0.25, -0.2) is 0 Å². The molecule has 1 fully saturated rings. The fourth-order valence-electron chi connectivity index (χ4n) is 3.10. The van der Waals surface area contributed by atoms with Gasteiger partial charge in [-0.1, -0.05) is 25.5 Å². The second-order valence-corrected chi connectivity index (χ2v) is 5.95. The first-order chi connectivity index (χ1) is 9.31. The number of nitrogens with one attached hydrogen (secondary N) is 2. The lowest BCUT2D eigenvalue weighted by atomic mass is 9.67. The summed E-state index contributed by atoms with van der Waals surface area (Å²) in [7, 11) is 0. The molecule has 1 atom stereocenters. The van der Waals surface area contributed by atoms with Crippen molar-refractivity contribution in [3.8, 4) is 5.75 Å². The predicted molar refractivity (Wildman–Crippen MR) is 78.8 cm³/mol. The van der Waals surface area contributed by atoms with Crippen molar-refractivity contribution in [2.45, 2.75) is 38.7 Å². The molecule has 0 saturated heterocycles. The van der Waals surface area contributed by atoms with Gasteiger partial charge >= 0.3 is 0 Å². The van der Waals surface area contributed by atoms with Gasteiger partial charge in [0.2, 0.25) is 0 Å². The van der Waals surface area contributed by atoms with Crippen molar-refractivity contribution in [2.75, 3.05) is 25.0 Å². The van der Waals surface area contributed by atoms with Gasteiger partial charge in [0.05, 0.1) is 12.2 Å². The quantitative estimate of drug-likeness (QED) is 0.853. The fourth-order valence-corrected chi connectivity index (χ4v) is 3.10. The Balaban J connectivity index is 1.47. The molecule has 1 aromatic carbocycles. The van der Waals surface area contributed by atoms with Crippen molar-refractivity contribution in [3.63, 3.8) is 0 Å². The molecule has 1 saturated carbocycles. The van der Waals surface area contributed by atoms with Gasteiger partial charge in [-0.2, -0.15) is 0 Å². The number of benzene rings is 1.